The number of rotatable bonds is 7. The molecule has 1 aromatic carbocycles. The van der Waals surface area contributed by atoms with Gasteiger partial charge in [0.15, 0.2) is 0 Å². The second kappa shape index (κ2) is 9.64. The first kappa shape index (κ1) is 17.7. The summed E-state index contributed by atoms with van der Waals surface area (Å²) >= 11 is 0. The number of amides is 1. The molecule has 3 N–H and O–H groups in total. The molecular weight excluding hydrogens is 262 g/mol. The number of carbonyl (C=O) groups excluding carboxylic acids is 1. The molecule has 0 aromatic heterocycles. The number of nitrogens with two attached hydrogens (primary N) is 1. The number of para-hydroxylation sites is 1. The third kappa shape index (κ3) is 5.94. The number of halogens is 1. The van der Waals surface area contributed by atoms with Crippen LogP contribution in [0.5, 0.6) is 0 Å². The van der Waals surface area contributed by atoms with Crippen LogP contribution in [0.25, 0.3) is 0 Å². The van der Waals surface area contributed by atoms with Gasteiger partial charge < -0.3 is 16.0 Å². The van der Waals surface area contributed by atoms with E-state index in [9.17, 15) is 4.79 Å². The number of carbonyl (C=O) groups is 1. The lowest BCUT2D eigenvalue weighted by Gasteiger charge is -2.25. The summed E-state index contributed by atoms with van der Waals surface area (Å²) in [5.41, 5.74) is 7.81. The third-order valence-electron chi connectivity index (χ3n) is 2.91. The van der Waals surface area contributed by atoms with Crippen LogP contribution in [0.3, 0.4) is 0 Å². The van der Waals surface area contributed by atoms with Gasteiger partial charge in [-0.25, -0.2) is 0 Å². The molecule has 4 nitrogen and oxygen atoms in total. The summed E-state index contributed by atoms with van der Waals surface area (Å²) in [6.07, 6.45) is 0.399. The number of hydrogen-bond acceptors (Lipinski definition) is 3. The number of hydrogen-bond donors (Lipinski definition) is 2. The zero-order chi connectivity index (χ0) is 13.4. The van der Waals surface area contributed by atoms with Crippen LogP contribution < -0.4 is 16.0 Å². The van der Waals surface area contributed by atoms with Crippen LogP contribution in [0.1, 0.15) is 18.9 Å². The molecule has 0 spiro atoms. The summed E-state index contributed by atoms with van der Waals surface area (Å²) in [6.45, 7) is 7.02. The van der Waals surface area contributed by atoms with Crippen molar-refractivity contribution in [2.24, 2.45) is 5.73 Å². The fraction of sp³-hybridized carbons (Fsp3) is 0.500. The second-order valence-corrected chi connectivity index (χ2v) is 4.25. The lowest BCUT2D eigenvalue weighted by Crippen LogP contribution is -2.35. The molecule has 1 aromatic rings. The fourth-order valence-corrected chi connectivity index (χ4v) is 1.92. The number of benzene rings is 1. The fourth-order valence-electron chi connectivity index (χ4n) is 1.92. The van der Waals surface area contributed by atoms with Gasteiger partial charge in [0.1, 0.15) is 0 Å². The lowest BCUT2D eigenvalue weighted by atomic mass is 10.2. The smallest absolute Gasteiger partial charge is 0.221 e. The quantitative estimate of drug-likeness (QED) is 0.802. The zero-order valence-corrected chi connectivity index (χ0v) is 12.5. The molecule has 0 fully saturated rings. The average Bonchev–Trinajstić information content (AvgIpc) is 2.36. The monoisotopic (exact) mass is 285 g/mol. The number of nitrogens with zero attached hydrogens (tertiary/aromatic N) is 1. The Labute approximate surface area is 121 Å². The highest BCUT2D eigenvalue weighted by molar-refractivity contribution is 5.85. The van der Waals surface area contributed by atoms with Crippen molar-refractivity contribution < 1.29 is 4.79 Å². The van der Waals surface area contributed by atoms with Crippen molar-refractivity contribution in [2.75, 3.05) is 31.1 Å². The Morgan fingerprint density at radius 3 is 2.63 bits per heavy atom. The van der Waals surface area contributed by atoms with Crippen LogP contribution in [-0.2, 0) is 4.79 Å². The first-order valence-corrected chi connectivity index (χ1v) is 6.46. The first-order valence-electron chi connectivity index (χ1n) is 6.46. The van der Waals surface area contributed by atoms with Crippen molar-refractivity contribution in [3.05, 3.63) is 29.8 Å². The predicted molar refractivity (Wildman–Crippen MR) is 83.0 cm³/mol. The van der Waals surface area contributed by atoms with E-state index in [0.29, 0.717) is 19.5 Å². The Hall–Kier alpha value is -1.26. The maximum Gasteiger partial charge on any atom is 0.221 e. The molecule has 0 aliphatic rings. The lowest BCUT2D eigenvalue weighted by molar-refractivity contribution is -0.120. The minimum absolute atomic E-state index is 0. The van der Waals surface area contributed by atoms with Crippen LogP contribution in [0.15, 0.2) is 24.3 Å². The van der Waals surface area contributed by atoms with Gasteiger partial charge in [-0.1, -0.05) is 18.2 Å². The number of aryl methyl sites for hydroxylation is 1. The third-order valence-corrected chi connectivity index (χ3v) is 2.91. The van der Waals surface area contributed by atoms with Crippen molar-refractivity contribution in [2.45, 2.75) is 20.3 Å². The molecule has 0 bridgehead atoms. The normalized spacial score (nSPS) is 9.63. The van der Waals surface area contributed by atoms with Gasteiger partial charge in [-0.3, -0.25) is 4.79 Å². The Morgan fingerprint density at radius 1 is 1.37 bits per heavy atom. The van der Waals surface area contributed by atoms with Crippen LogP contribution in [0.4, 0.5) is 5.69 Å². The van der Waals surface area contributed by atoms with E-state index >= 15 is 0 Å². The second-order valence-electron chi connectivity index (χ2n) is 4.25. The molecule has 0 unspecified atom stereocenters. The number of nitrogens with one attached hydrogen (secondary N) is 1. The molecule has 0 radical (unpaired) electrons. The predicted octanol–water partition coefficient (Wildman–Crippen LogP) is 1.71. The highest BCUT2D eigenvalue weighted by atomic mass is 35.5. The van der Waals surface area contributed by atoms with E-state index in [4.69, 9.17) is 5.73 Å². The summed E-state index contributed by atoms with van der Waals surface area (Å²) in [6, 6.07) is 8.29. The molecule has 0 aliphatic heterocycles. The van der Waals surface area contributed by atoms with E-state index in [-0.39, 0.29) is 18.3 Å². The van der Waals surface area contributed by atoms with Gasteiger partial charge in [0.05, 0.1) is 0 Å². The van der Waals surface area contributed by atoms with Gasteiger partial charge in [0.2, 0.25) is 5.91 Å². The van der Waals surface area contributed by atoms with Crippen LogP contribution >= 0.6 is 12.4 Å². The van der Waals surface area contributed by atoms with E-state index in [0.717, 1.165) is 13.1 Å². The maximum atomic E-state index is 11.3. The standard InChI is InChI=1S/C14H23N3O.ClH/c1-3-17(11-10-16-14(18)8-9-15)13-7-5-4-6-12(13)2;/h4-7H,3,8-11,15H2,1-2H3,(H,16,18);1H. The van der Waals surface area contributed by atoms with Crippen LogP contribution in [0, 0.1) is 6.92 Å². The van der Waals surface area contributed by atoms with Crippen LogP contribution in [-0.4, -0.2) is 32.1 Å². The molecule has 0 saturated carbocycles. The molecule has 1 rings (SSSR count). The molecule has 5 heteroatoms. The minimum Gasteiger partial charge on any atom is -0.370 e. The summed E-state index contributed by atoms with van der Waals surface area (Å²) < 4.78 is 0. The molecule has 19 heavy (non-hydrogen) atoms. The van der Waals surface area contributed by atoms with Gasteiger partial charge >= 0.3 is 0 Å². The Bertz CT molecular complexity index is 385. The topological polar surface area (TPSA) is 58.4 Å². The zero-order valence-electron chi connectivity index (χ0n) is 11.7. The van der Waals surface area contributed by atoms with Gasteiger partial charge in [-0.2, -0.15) is 0 Å². The van der Waals surface area contributed by atoms with Gasteiger partial charge in [0.25, 0.3) is 0 Å². The van der Waals surface area contributed by atoms with E-state index in [1.807, 2.05) is 12.1 Å². The Balaban J connectivity index is 0.00000324. The Kier molecular flexibility index (Phi) is 9.00. The summed E-state index contributed by atoms with van der Waals surface area (Å²) in [7, 11) is 0. The van der Waals surface area contributed by atoms with E-state index in [1.54, 1.807) is 0 Å². The first-order chi connectivity index (χ1) is 8.69. The molecule has 0 heterocycles. The molecule has 0 saturated heterocycles. The van der Waals surface area contributed by atoms with E-state index in [2.05, 4.69) is 36.2 Å². The van der Waals surface area contributed by atoms with Crippen molar-refractivity contribution in [1.29, 1.82) is 0 Å². The summed E-state index contributed by atoms with van der Waals surface area (Å²) in [4.78, 5) is 13.6. The Morgan fingerprint density at radius 2 is 2.05 bits per heavy atom. The minimum atomic E-state index is 0. The molecular formula is C14H24ClN3O. The highest BCUT2D eigenvalue weighted by Gasteiger charge is 2.07. The van der Waals surface area contributed by atoms with Gasteiger partial charge in [-0.05, 0) is 25.5 Å². The van der Waals surface area contributed by atoms with Gasteiger partial charge in [0, 0.05) is 38.3 Å². The van der Waals surface area contributed by atoms with E-state index in [1.165, 1.54) is 11.3 Å². The average molecular weight is 286 g/mol. The van der Waals surface area contributed by atoms with E-state index < -0.39 is 0 Å². The van der Waals surface area contributed by atoms with Crippen LogP contribution in [0.2, 0.25) is 0 Å². The van der Waals surface area contributed by atoms with Gasteiger partial charge in [-0.15, -0.1) is 12.4 Å². The van der Waals surface area contributed by atoms with Crippen molar-refractivity contribution >= 4 is 24.0 Å². The number of anilines is 1. The molecule has 0 atom stereocenters. The molecule has 0 aliphatic carbocycles. The summed E-state index contributed by atoms with van der Waals surface area (Å²) in [5, 5.41) is 2.88. The van der Waals surface area contributed by atoms with Crippen molar-refractivity contribution in [3.63, 3.8) is 0 Å². The summed E-state index contributed by atoms with van der Waals surface area (Å²) in [5.74, 6) is 0.0262. The maximum absolute atomic E-state index is 11.3. The SMILES string of the molecule is CCN(CCNC(=O)CCN)c1ccccc1C.Cl. The van der Waals surface area contributed by atoms with Crippen molar-refractivity contribution in [3.8, 4) is 0 Å². The molecule has 108 valence electrons. The number of likely N-dealkylation sites (N-methyl/N-ethyl adjacent to an activating group) is 1. The largest absolute Gasteiger partial charge is 0.370 e. The molecule has 1 amide bonds. The highest BCUT2D eigenvalue weighted by Crippen LogP contribution is 2.18. The van der Waals surface area contributed by atoms with Crippen molar-refractivity contribution in [1.82, 2.24) is 5.32 Å².